The quantitative estimate of drug-likeness (QED) is 0.846. The molecular formula is C13H23N5OS. The standard InChI is InChI=1S/C13H23N5OS/c1-8(2)15-13(11(14)19)6-5-10(7-13)20-12-17-16-9(3)18(12)4/h8,10,15H,5-7H2,1-4H3,(H2,14,19). The van der Waals surface area contributed by atoms with E-state index in [2.05, 4.69) is 15.5 Å². The summed E-state index contributed by atoms with van der Waals surface area (Å²) in [5.41, 5.74) is 5.06. The average molecular weight is 297 g/mol. The molecule has 7 heteroatoms. The summed E-state index contributed by atoms with van der Waals surface area (Å²) in [4.78, 5) is 11.8. The number of nitrogens with one attached hydrogen (secondary N) is 1. The Morgan fingerprint density at radius 2 is 2.25 bits per heavy atom. The van der Waals surface area contributed by atoms with Crippen LogP contribution in [-0.4, -0.2) is 37.5 Å². The number of carbonyl (C=O) groups excluding carboxylic acids is 1. The van der Waals surface area contributed by atoms with Gasteiger partial charge in [0.15, 0.2) is 5.16 Å². The van der Waals surface area contributed by atoms with Crippen molar-refractivity contribution in [3.05, 3.63) is 5.82 Å². The van der Waals surface area contributed by atoms with Gasteiger partial charge in [0.1, 0.15) is 5.82 Å². The van der Waals surface area contributed by atoms with Crippen LogP contribution in [0, 0.1) is 6.92 Å². The summed E-state index contributed by atoms with van der Waals surface area (Å²) in [6.45, 7) is 6.01. The molecule has 2 atom stereocenters. The van der Waals surface area contributed by atoms with Crippen LogP contribution in [0.5, 0.6) is 0 Å². The van der Waals surface area contributed by atoms with E-state index in [1.165, 1.54) is 0 Å². The van der Waals surface area contributed by atoms with E-state index in [9.17, 15) is 4.79 Å². The lowest BCUT2D eigenvalue weighted by molar-refractivity contribution is -0.124. The molecule has 1 aliphatic rings. The van der Waals surface area contributed by atoms with Gasteiger partial charge in [-0.25, -0.2) is 0 Å². The van der Waals surface area contributed by atoms with Crippen LogP contribution in [0.3, 0.4) is 0 Å². The molecule has 1 aromatic heterocycles. The molecule has 0 radical (unpaired) electrons. The predicted molar refractivity (Wildman–Crippen MR) is 79.4 cm³/mol. The van der Waals surface area contributed by atoms with Gasteiger partial charge < -0.3 is 15.6 Å². The molecule has 1 aromatic rings. The summed E-state index contributed by atoms with van der Waals surface area (Å²) in [5, 5.41) is 12.8. The minimum atomic E-state index is -0.570. The van der Waals surface area contributed by atoms with Gasteiger partial charge in [-0.2, -0.15) is 0 Å². The molecule has 0 bridgehead atoms. The number of aromatic nitrogens is 3. The second kappa shape index (κ2) is 5.73. The van der Waals surface area contributed by atoms with E-state index >= 15 is 0 Å². The Bertz CT molecular complexity index is 501. The highest BCUT2D eigenvalue weighted by Crippen LogP contribution is 2.39. The summed E-state index contributed by atoms with van der Waals surface area (Å²) in [7, 11) is 1.96. The lowest BCUT2D eigenvalue weighted by atomic mass is 9.96. The fourth-order valence-electron chi connectivity index (χ4n) is 2.72. The van der Waals surface area contributed by atoms with Crippen molar-refractivity contribution >= 4 is 17.7 Å². The van der Waals surface area contributed by atoms with Crippen LogP contribution in [-0.2, 0) is 11.8 Å². The summed E-state index contributed by atoms with van der Waals surface area (Å²) < 4.78 is 1.98. The van der Waals surface area contributed by atoms with Crippen molar-refractivity contribution in [2.45, 2.75) is 62.0 Å². The molecule has 0 saturated heterocycles. The van der Waals surface area contributed by atoms with Crippen LogP contribution >= 0.6 is 11.8 Å². The van der Waals surface area contributed by atoms with Gasteiger partial charge in [0.25, 0.3) is 0 Å². The molecule has 1 aliphatic carbocycles. The summed E-state index contributed by atoms with van der Waals surface area (Å²) in [6, 6.07) is 0.239. The highest BCUT2D eigenvalue weighted by Gasteiger charge is 2.44. The summed E-state index contributed by atoms with van der Waals surface area (Å²) >= 11 is 1.69. The van der Waals surface area contributed by atoms with Gasteiger partial charge >= 0.3 is 0 Å². The van der Waals surface area contributed by atoms with Gasteiger partial charge in [0.2, 0.25) is 5.91 Å². The predicted octanol–water partition coefficient (Wildman–Crippen LogP) is 0.990. The summed E-state index contributed by atoms with van der Waals surface area (Å²) in [5.74, 6) is 0.649. The van der Waals surface area contributed by atoms with Crippen LogP contribution in [0.25, 0.3) is 0 Å². The third kappa shape index (κ3) is 2.98. The molecule has 1 amide bonds. The normalized spacial score (nSPS) is 26.4. The lowest BCUT2D eigenvalue weighted by Crippen LogP contribution is -2.56. The van der Waals surface area contributed by atoms with E-state index in [4.69, 9.17) is 5.73 Å². The van der Waals surface area contributed by atoms with E-state index < -0.39 is 5.54 Å². The SMILES string of the molecule is Cc1nnc(SC2CCC(NC(C)C)(C(N)=O)C2)n1C. The number of nitrogens with two attached hydrogens (primary N) is 1. The third-order valence-corrected chi connectivity index (χ3v) is 5.13. The highest BCUT2D eigenvalue weighted by atomic mass is 32.2. The van der Waals surface area contributed by atoms with Gasteiger partial charge in [0.05, 0.1) is 5.54 Å². The number of primary amides is 1. The van der Waals surface area contributed by atoms with Crippen molar-refractivity contribution in [2.75, 3.05) is 0 Å². The smallest absolute Gasteiger partial charge is 0.237 e. The minimum Gasteiger partial charge on any atom is -0.368 e. The molecule has 0 spiro atoms. The number of nitrogens with zero attached hydrogens (tertiary/aromatic N) is 3. The number of aryl methyl sites for hydroxylation is 1. The first-order valence-electron chi connectivity index (χ1n) is 6.94. The van der Waals surface area contributed by atoms with Crippen molar-refractivity contribution in [3.8, 4) is 0 Å². The Morgan fingerprint density at radius 1 is 1.55 bits per heavy atom. The third-order valence-electron chi connectivity index (χ3n) is 3.83. The monoisotopic (exact) mass is 297 g/mol. The molecule has 2 unspecified atom stereocenters. The molecule has 1 fully saturated rings. The fourth-order valence-corrected chi connectivity index (χ4v) is 4.00. The minimum absolute atomic E-state index is 0.239. The van der Waals surface area contributed by atoms with Gasteiger partial charge in [-0.15, -0.1) is 10.2 Å². The molecular weight excluding hydrogens is 274 g/mol. The van der Waals surface area contributed by atoms with Gasteiger partial charge in [-0.3, -0.25) is 4.79 Å². The Hall–Kier alpha value is -1.08. The maximum Gasteiger partial charge on any atom is 0.237 e. The molecule has 20 heavy (non-hydrogen) atoms. The van der Waals surface area contributed by atoms with Crippen LogP contribution in [0.1, 0.15) is 38.9 Å². The highest BCUT2D eigenvalue weighted by molar-refractivity contribution is 7.99. The zero-order chi connectivity index (χ0) is 14.9. The molecule has 112 valence electrons. The van der Waals surface area contributed by atoms with E-state index in [0.717, 1.165) is 30.2 Å². The molecule has 2 rings (SSSR count). The first-order valence-corrected chi connectivity index (χ1v) is 7.82. The zero-order valence-corrected chi connectivity index (χ0v) is 13.3. The maximum absolute atomic E-state index is 11.8. The van der Waals surface area contributed by atoms with Gasteiger partial charge in [0, 0.05) is 18.3 Å². The van der Waals surface area contributed by atoms with Crippen molar-refractivity contribution < 1.29 is 4.79 Å². The Kier molecular flexibility index (Phi) is 4.39. The number of hydrogen-bond donors (Lipinski definition) is 2. The number of thioether (sulfide) groups is 1. The van der Waals surface area contributed by atoms with Crippen molar-refractivity contribution in [2.24, 2.45) is 12.8 Å². The van der Waals surface area contributed by atoms with E-state index in [-0.39, 0.29) is 11.9 Å². The van der Waals surface area contributed by atoms with E-state index in [1.54, 1.807) is 11.8 Å². The lowest BCUT2D eigenvalue weighted by Gasteiger charge is -2.29. The van der Waals surface area contributed by atoms with Gasteiger partial charge in [-0.05, 0) is 40.0 Å². The maximum atomic E-state index is 11.8. The topological polar surface area (TPSA) is 85.8 Å². The Morgan fingerprint density at radius 3 is 2.75 bits per heavy atom. The van der Waals surface area contributed by atoms with Crippen LogP contribution in [0.15, 0.2) is 5.16 Å². The Balaban J connectivity index is 2.07. The molecule has 1 saturated carbocycles. The summed E-state index contributed by atoms with van der Waals surface area (Å²) in [6.07, 6.45) is 2.49. The first kappa shape index (κ1) is 15.3. The molecule has 0 aliphatic heterocycles. The second-order valence-corrected chi connectivity index (χ2v) is 7.08. The second-order valence-electron chi connectivity index (χ2n) is 5.82. The number of rotatable bonds is 5. The van der Waals surface area contributed by atoms with Crippen LogP contribution in [0.4, 0.5) is 0 Å². The number of carbonyl (C=O) groups is 1. The largest absolute Gasteiger partial charge is 0.368 e. The molecule has 0 aromatic carbocycles. The Labute approximate surface area is 123 Å². The number of amides is 1. The van der Waals surface area contributed by atoms with Gasteiger partial charge in [-0.1, -0.05) is 11.8 Å². The van der Waals surface area contributed by atoms with E-state index in [1.807, 2.05) is 32.4 Å². The first-order chi connectivity index (χ1) is 9.34. The molecule has 3 N–H and O–H groups in total. The average Bonchev–Trinajstić information content (AvgIpc) is 2.89. The zero-order valence-electron chi connectivity index (χ0n) is 12.5. The van der Waals surface area contributed by atoms with Crippen LogP contribution in [0.2, 0.25) is 0 Å². The fraction of sp³-hybridized carbons (Fsp3) is 0.769. The van der Waals surface area contributed by atoms with E-state index in [0.29, 0.717) is 5.25 Å². The molecule has 1 heterocycles. The van der Waals surface area contributed by atoms with Crippen LogP contribution < -0.4 is 11.1 Å². The van der Waals surface area contributed by atoms with Crippen molar-refractivity contribution in [3.63, 3.8) is 0 Å². The van der Waals surface area contributed by atoms with Crippen molar-refractivity contribution in [1.82, 2.24) is 20.1 Å². The van der Waals surface area contributed by atoms with Crippen molar-refractivity contribution in [1.29, 1.82) is 0 Å². The molecule has 6 nitrogen and oxygen atoms in total. The number of hydrogen-bond acceptors (Lipinski definition) is 5.